The van der Waals surface area contributed by atoms with Crippen LogP contribution in [-0.2, 0) is 14.2 Å². The van der Waals surface area contributed by atoms with Gasteiger partial charge in [0.1, 0.15) is 23.9 Å². The highest BCUT2D eigenvalue weighted by molar-refractivity contribution is 5.02. The second-order valence-electron chi connectivity index (χ2n) is 7.26. The summed E-state index contributed by atoms with van der Waals surface area (Å²) in [7, 11) is 0. The predicted octanol–water partition coefficient (Wildman–Crippen LogP) is -0.956. The molecule has 0 aromatic carbocycles. The number of hydrogen-bond acceptors (Lipinski definition) is 8. The molecule has 8 heteroatoms. The van der Waals surface area contributed by atoms with E-state index in [2.05, 4.69) is 6.92 Å². The van der Waals surface area contributed by atoms with E-state index in [1.165, 1.54) is 0 Å². The monoisotopic (exact) mass is 346 g/mol. The first kappa shape index (κ1) is 18.1. The molecule has 0 amide bonds. The van der Waals surface area contributed by atoms with Crippen LogP contribution in [0.5, 0.6) is 0 Å². The molecule has 3 rings (SSSR count). The summed E-state index contributed by atoms with van der Waals surface area (Å²) in [6, 6.07) is 0. The zero-order valence-corrected chi connectivity index (χ0v) is 13.7. The van der Waals surface area contributed by atoms with E-state index < -0.39 is 42.8 Å². The molecular weight excluding hydrogens is 320 g/mol. The zero-order valence-electron chi connectivity index (χ0n) is 13.7. The van der Waals surface area contributed by atoms with E-state index in [0.29, 0.717) is 11.8 Å². The van der Waals surface area contributed by atoms with Gasteiger partial charge in [-0.15, -0.1) is 0 Å². The van der Waals surface area contributed by atoms with Crippen molar-refractivity contribution in [2.24, 2.45) is 17.8 Å². The zero-order chi connectivity index (χ0) is 17.6. The van der Waals surface area contributed by atoms with E-state index in [9.17, 15) is 25.5 Å². The van der Waals surface area contributed by atoms with E-state index >= 15 is 0 Å². The van der Waals surface area contributed by atoms with Gasteiger partial charge in [0.15, 0.2) is 12.6 Å². The predicted molar refractivity (Wildman–Crippen MR) is 80.0 cm³/mol. The van der Waals surface area contributed by atoms with Gasteiger partial charge in [0.2, 0.25) is 6.29 Å². The van der Waals surface area contributed by atoms with Gasteiger partial charge in [0.25, 0.3) is 0 Å². The number of aliphatic hydroxyl groups excluding tert-OH is 3. The van der Waals surface area contributed by atoms with Crippen LogP contribution in [0.4, 0.5) is 0 Å². The summed E-state index contributed by atoms with van der Waals surface area (Å²) in [6.07, 6.45) is -3.22. The van der Waals surface area contributed by atoms with Crippen LogP contribution in [0.1, 0.15) is 26.7 Å². The van der Waals surface area contributed by atoms with Gasteiger partial charge in [-0.2, -0.15) is 0 Å². The lowest BCUT2D eigenvalue weighted by molar-refractivity contribution is -0.378. The van der Waals surface area contributed by atoms with Crippen molar-refractivity contribution < 1.29 is 39.7 Å². The third kappa shape index (κ3) is 2.96. The van der Waals surface area contributed by atoms with Crippen LogP contribution in [0.25, 0.3) is 0 Å². The normalized spacial score (nSPS) is 51.5. The summed E-state index contributed by atoms with van der Waals surface area (Å²) in [5.41, 5.74) is -2.04. The van der Waals surface area contributed by atoms with Gasteiger partial charge in [-0.3, -0.25) is 0 Å². The number of allylic oxidation sites excluding steroid dienone is 1. The minimum atomic E-state index is -2.04. The Balaban J connectivity index is 1.75. The molecule has 9 atom stereocenters. The summed E-state index contributed by atoms with van der Waals surface area (Å²) >= 11 is 0. The van der Waals surface area contributed by atoms with Gasteiger partial charge >= 0.3 is 0 Å². The minimum Gasteiger partial charge on any atom is -0.472 e. The number of fused-ring (bicyclic) bond motifs is 1. The summed E-state index contributed by atoms with van der Waals surface area (Å²) in [5, 5.41) is 49.4. The fraction of sp³-hybridized carbons (Fsp3) is 0.875. The average Bonchev–Trinajstić information content (AvgIpc) is 2.90. The molecule has 2 fully saturated rings. The molecule has 2 aliphatic heterocycles. The summed E-state index contributed by atoms with van der Waals surface area (Å²) in [5.74, 6) is 0.757. The highest BCUT2D eigenvalue weighted by Gasteiger charge is 2.56. The molecule has 1 saturated carbocycles. The fourth-order valence-electron chi connectivity index (χ4n) is 4.04. The Morgan fingerprint density at radius 1 is 1.21 bits per heavy atom. The van der Waals surface area contributed by atoms with Gasteiger partial charge in [-0.05, 0) is 37.7 Å². The summed E-state index contributed by atoms with van der Waals surface area (Å²) < 4.78 is 16.6. The van der Waals surface area contributed by atoms with Gasteiger partial charge < -0.3 is 39.7 Å². The molecule has 0 radical (unpaired) electrons. The van der Waals surface area contributed by atoms with Crippen molar-refractivity contribution >= 4 is 0 Å². The number of ether oxygens (including phenoxy) is 3. The number of aliphatic hydroxyl groups is 5. The molecule has 138 valence electrons. The van der Waals surface area contributed by atoms with Crippen LogP contribution in [0.2, 0.25) is 0 Å². The molecule has 5 N–H and O–H groups in total. The van der Waals surface area contributed by atoms with Crippen molar-refractivity contribution in [3.05, 3.63) is 12.3 Å². The van der Waals surface area contributed by atoms with Gasteiger partial charge in [-0.25, -0.2) is 0 Å². The quantitative estimate of drug-likeness (QED) is 0.414. The van der Waals surface area contributed by atoms with E-state index in [1.807, 2.05) is 6.08 Å². The summed E-state index contributed by atoms with van der Waals surface area (Å²) in [4.78, 5) is 0. The van der Waals surface area contributed by atoms with Crippen molar-refractivity contribution in [3.8, 4) is 0 Å². The number of hydrogen-bond donors (Lipinski definition) is 5. The van der Waals surface area contributed by atoms with E-state index in [4.69, 9.17) is 14.2 Å². The maximum absolute atomic E-state index is 10.2. The standard InChI is InChI=1S/C16H26O8/c1-7-3-4-8-5-6-22-14(9(7)8)24-15-10(17)11(18)16(2,21)12(23-15)13(19)20/h5-15,17-21H,3-4H2,1-2H3/t7-,8-,9-,10+,11+,12+,14?,15+,16-/m0/s1. The lowest BCUT2D eigenvalue weighted by Gasteiger charge is -2.48. The van der Waals surface area contributed by atoms with E-state index in [0.717, 1.165) is 19.8 Å². The Kier molecular flexibility index (Phi) is 4.91. The fourth-order valence-corrected chi connectivity index (χ4v) is 4.04. The molecule has 3 aliphatic rings. The molecular formula is C16H26O8. The van der Waals surface area contributed by atoms with Crippen LogP contribution >= 0.6 is 0 Å². The van der Waals surface area contributed by atoms with Crippen LogP contribution in [-0.4, -0.2) is 68.3 Å². The topological polar surface area (TPSA) is 129 Å². The number of rotatable bonds is 3. The van der Waals surface area contributed by atoms with Crippen LogP contribution in [0.15, 0.2) is 12.3 Å². The Bertz CT molecular complexity index is 479. The molecule has 0 spiro atoms. The van der Waals surface area contributed by atoms with Crippen LogP contribution in [0, 0.1) is 17.8 Å². The van der Waals surface area contributed by atoms with E-state index in [1.54, 1.807) is 6.26 Å². The Morgan fingerprint density at radius 2 is 1.92 bits per heavy atom. The molecule has 0 aromatic heterocycles. The van der Waals surface area contributed by atoms with Crippen molar-refractivity contribution in [1.29, 1.82) is 0 Å². The molecule has 1 saturated heterocycles. The Labute approximate surface area is 140 Å². The maximum Gasteiger partial charge on any atom is 0.205 e. The lowest BCUT2D eigenvalue weighted by Crippen LogP contribution is -2.68. The van der Waals surface area contributed by atoms with Gasteiger partial charge in [0.05, 0.1) is 6.26 Å². The van der Waals surface area contributed by atoms with Crippen LogP contribution < -0.4 is 0 Å². The Hall–Kier alpha value is -0.740. The largest absolute Gasteiger partial charge is 0.472 e. The third-order valence-electron chi connectivity index (χ3n) is 5.56. The first-order chi connectivity index (χ1) is 11.2. The van der Waals surface area contributed by atoms with Gasteiger partial charge in [0, 0.05) is 5.92 Å². The average molecular weight is 346 g/mol. The molecule has 0 bridgehead atoms. The minimum absolute atomic E-state index is 0.0860. The molecule has 24 heavy (non-hydrogen) atoms. The molecule has 1 aliphatic carbocycles. The van der Waals surface area contributed by atoms with Crippen molar-refractivity contribution in [3.63, 3.8) is 0 Å². The first-order valence-corrected chi connectivity index (χ1v) is 8.31. The maximum atomic E-state index is 10.2. The highest BCUT2D eigenvalue weighted by atomic mass is 16.8. The SMILES string of the molecule is C[C@H]1CC[C@H]2C=COC(O[C@H]3O[C@H](C(O)O)[C@@](C)(O)[C@H](O)[C@H]3O)[C@H]21. The summed E-state index contributed by atoms with van der Waals surface area (Å²) in [6.45, 7) is 3.26. The van der Waals surface area contributed by atoms with Crippen LogP contribution in [0.3, 0.4) is 0 Å². The smallest absolute Gasteiger partial charge is 0.205 e. The lowest BCUT2D eigenvalue weighted by atomic mass is 9.85. The van der Waals surface area contributed by atoms with Crippen molar-refractivity contribution in [2.75, 3.05) is 0 Å². The highest BCUT2D eigenvalue weighted by Crippen LogP contribution is 2.44. The molecule has 2 heterocycles. The molecule has 1 unspecified atom stereocenters. The van der Waals surface area contributed by atoms with Crippen molar-refractivity contribution in [2.45, 2.75) is 69.5 Å². The van der Waals surface area contributed by atoms with Crippen molar-refractivity contribution in [1.82, 2.24) is 0 Å². The molecule has 8 nitrogen and oxygen atoms in total. The third-order valence-corrected chi connectivity index (χ3v) is 5.56. The second-order valence-corrected chi connectivity index (χ2v) is 7.26. The molecule has 0 aromatic rings. The van der Waals surface area contributed by atoms with E-state index in [-0.39, 0.29) is 5.92 Å². The Morgan fingerprint density at radius 3 is 2.58 bits per heavy atom. The van der Waals surface area contributed by atoms with Gasteiger partial charge in [-0.1, -0.05) is 6.92 Å². The first-order valence-electron chi connectivity index (χ1n) is 8.31. The second kappa shape index (κ2) is 6.53.